The molecule has 0 radical (unpaired) electrons. The molecule has 2 fully saturated rings. The van der Waals surface area contributed by atoms with Gasteiger partial charge in [-0.25, -0.2) is 0 Å². The summed E-state index contributed by atoms with van der Waals surface area (Å²) in [4.78, 5) is 5.00. The van der Waals surface area contributed by atoms with Crippen molar-refractivity contribution >= 4 is 0 Å². The van der Waals surface area contributed by atoms with Crippen molar-refractivity contribution in [2.75, 3.05) is 52.5 Å². The minimum atomic E-state index is 0.275. The minimum absolute atomic E-state index is 0.275. The fraction of sp³-hybridized carbons (Fsp3) is 0.714. The number of benzene rings is 1. The summed E-state index contributed by atoms with van der Waals surface area (Å²) in [6, 6.07) is 8.38. The summed E-state index contributed by atoms with van der Waals surface area (Å²) in [5.74, 6) is 2.32. The first kappa shape index (κ1) is 19.6. The molecule has 0 unspecified atom stereocenters. The van der Waals surface area contributed by atoms with Gasteiger partial charge in [-0.05, 0) is 68.3 Å². The Balaban J connectivity index is 1.50. The lowest BCUT2D eigenvalue weighted by molar-refractivity contribution is 0.106. The van der Waals surface area contributed by atoms with Crippen molar-refractivity contribution in [3.05, 3.63) is 29.8 Å². The van der Waals surface area contributed by atoms with Crippen LogP contribution in [-0.4, -0.2) is 72.6 Å². The highest BCUT2D eigenvalue weighted by Crippen LogP contribution is 2.27. The van der Waals surface area contributed by atoms with Crippen LogP contribution in [0.4, 0.5) is 0 Å². The Labute approximate surface area is 157 Å². The van der Waals surface area contributed by atoms with Crippen LogP contribution in [0.1, 0.15) is 25.3 Å². The molecule has 0 saturated carbocycles. The Morgan fingerprint density at radius 3 is 2.27 bits per heavy atom. The lowest BCUT2D eigenvalue weighted by Crippen LogP contribution is -2.40. The van der Waals surface area contributed by atoms with Gasteiger partial charge in [0.1, 0.15) is 5.75 Å². The van der Waals surface area contributed by atoms with Gasteiger partial charge in [0.15, 0.2) is 0 Å². The summed E-state index contributed by atoms with van der Waals surface area (Å²) in [7, 11) is 0. The first-order chi connectivity index (χ1) is 12.7. The van der Waals surface area contributed by atoms with Gasteiger partial charge in [0.05, 0.1) is 6.61 Å². The molecule has 3 rings (SSSR count). The second-order valence-electron chi connectivity index (χ2n) is 7.90. The van der Waals surface area contributed by atoms with E-state index < -0.39 is 0 Å². The third-order valence-electron chi connectivity index (χ3n) is 5.99. The smallest absolute Gasteiger partial charge is 0.119 e. The molecular formula is C21H34N2O3. The summed E-state index contributed by atoms with van der Waals surface area (Å²) in [6.45, 7) is 9.50. The molecule has 1 aromatic carbocycles. The highest BCUT2D eigenvalue weighted by Gasteiger charge is 2.34. The van der Waals surface area contributed by atoms with Crippen LogP contribution in [0.15, 0.2) is 24.3 Å². The SMILES string of the molecule is CCOc1ccc(CN2C[C@@H](CN3CCC(CO)CC3)[C@@H](CO)C2)cc1. The summed E-state index contributed by atoms with van der Waals surface area (Å²) in [6.07, 6.45) is 2.20. The summed E-state index contributed by atoms with van der Waals surface area (Å²) in [5.41, 5.74) is 1.30. The molecule has 0 spiro atoms. The standard InChI is InChI=1S/C21H34N2O3/c1-2-26-21-5-3-17(4-6-21)11-23-13-19(20(14-23)16-25)12-22-9-7-18(15-24)8-10-22/h3-6,18-20,24-25H,2,7-16H2,1H3/t19-,20-/m1/s1. The molecule has 2 saturated heterocycles. The third-order valence-corrected chi connectivity index (χ3v) is 5.99. The second kappa shape index (κ2) is 9.70. The van der Waals surface area contributed by atoms with Gasteiger partial charge in [0.2, 0.25) is 0 Å². The molecule has 0 aliphatic carbocycles. The molecule has 0 amide bonds. The molecule has 0 bridgehead atoms. The van der Waals surface area contributed by atoms with Gasteiger partial charge >= 0.3 is 0 Å². The van der Waals surface area contributed by atoms with Crippen molar-refractivity contribution in [1.82, 2.24) is 9.80 Å². The van der Waals surface area contributed by atoms with Crippen LogP contribution in [0.25, 0.3) is 0 Å². The van der Waals surface area contributed by atoms with E-state index in [1.54, 1.807) is 0 Å². The summed E-state index contributed by atoms with van der Waals surface area (Å²) < 4.78 is 5.51. The molecule has 2 heterocycles. The van der Waals surface area contributed by atoms with Crippen LogP contribution in [0.5, 0.6) is 5.75 Å². The van der Waals surface area contributed by atoms with Gasteiger partial charge in [-0.3, -0.25) is 4.90 Å². The number of aliphatic hydroxyl groups excluding tert-OH is 2. The monoisotopic (exact) mass is 362 g/mol. The Morgan fingerprint density at radius 2 is 1.65 bits per heavy atom. The van der Waals surface area contributed by atoms with E-state index in [-0.39, 0.29) is 6.61 Å². The first-order valence-corrected chi connectivity index (χ1v) is 10.1. The molecule has 2 aliphatic heterocycles. The van der Waals surface area contributed by atoms with E-state index in [0.717, 1.165) is 57.9 Å². The highest BCUT2D eigenvalue weighted by atomic mass is 16.5. The van der Waals surface area contributed by atoms with Gasteiger partial charge in [-0.2, -0.15) is 0 Å². The van der Waals surface area contributed by atoms with Crippen LogP contribution in [0, 0.1) is 17.8 Å². The summed E-state index contributed by atoms with van der Waals surface area (Å²) >= 11 is 0. The van der Waals surface area contributed by atoms with Crippen molar-refractivity contribution < 1.29 is 14.9 Å². The average molecular weight is 363 g/mol. The molecule has 2 aliphatic rings. The quantitative estimate of drug-likeness (QED) is 0.739. The largest absolute Gasteiger partial charge is 0.494 e. The Hall–Kier alpha value is -1.14. The molecule has 2 N–H and O–H groups in total. The number of rotatable bonds is 8. The third kappa shape index (κ3) is 5.19. The fourth-order valence-corrected chi connectivity index (χ4v) is 4.38. The number of hydrogen-bond acceptors (Lipinski definition) is 5. The van der Waals surface area contributed by atoms with E-state index in [1.807, 2.05) is 19.1 Å². The lowest BCUT2D eigenvalue weighted by atomic mass is 9.93. The summed E-state index contributed by atoms with van der Waals surface area (Å²) in [5, 5.41) is 19.1. The Morgan fingerprint density at radius 1 is 0.962 bits per heavy atom. The minimum Gasteiger partial charge on any atom is -0.494 e. The molecule has 2 atom stereocenters. The predicted octanol–water partition coefficient (Wildman–Crippen LogP) is 1.83. The van der Waals surface area contributed by atoms with Gasteiger partial charge in [0.25, 0.3) is 0 Å². The molecule has 5 heteroatoms. The zero-order valence-corrected chi connectivity index (χ0v) is 16.0. The number of ether oxygens (including phenoxy) is 1. The maximum atomic E-state index is 9.83. The molecular weight excluding hydrogens is 328 g/mol. The van der Waals surface area contributed by atoms with E-state index in [2.05, 4.69) is 21.9 Å². The molecule has 26 heavy (non-hydrogen) atoms. The van der Waals surface area contributed by atoms with E-state index >= 15 is 0 Å². The first-order valence-electron chi connectivity index (χ1n) is 10.1. The predicted molar refractivity (Wildman–Crippen MR) is 103 cm³/mol. The normalized spacial score (nSPS) is 25.7. The second-order valence-corrected chi connectivity index (χ2v) is 7.90. The zero-order valence-electron chi connectivity index (χ0n) is 16.0. The number of likely N-dealkylation sites (tertiary alicyclic amines) is 2. The van der Waals surface area contributed by atoms with Crippen LogP contribution >= 0.6 is 0 Å². The van der Waals surface area contributed by atoms with Gasteiger partial charge < -0.3 is 19.8 Å². The van der Waals surface area contributed by atoms with Crippen molar-refractivity contribution in [3.8, 4) is 5.75 Å². The average Bonchev–Trinajstić information content (AvgIpc) is 3.05. The topological polar surface area (TPSA) is 56.2 Å². The van der Waals surface area contributed by atoms with Crippen LogP contribution in [-0.2, 0) is 6.54 Å². The van der Waals surface area contributed by atoms with Crippen LogP contribution in [0.2, 0.25) is 0 Å². The number of nitrogens with zero attached hydrogens (tertiary/aromatic N) is 2. The number of aliphatic hydroxyl groups is 2. The molecule has 5 nitrogen and oxygen atoms in total. The maximum absolute atomic E-state index is 9.83. The maximum Gasteiger partial charge on any atom is 0.119 e. The molecule has 146 valence electrons. The van der Waals surface area contributed by atoms with Gasteiger partial charge in [0, 0.05) is 39.4 Å². The van der Waals surface area contributed by atoms with Crippen LogP contribution in [0.3, 0.4) is 0 Å². The molecule has 0 aromatic heterocycles. The lowest BCUT2D eigenvalue weighted by Gasteiger charge is -2.33. The zero-order chi connectivity index (χ0) is 18.4. The van der Waals surface area contributed by atoms with Gasteiger partial charge in [-0.1, -0.05) is 12.1 Å². The highest BCUT2D eigenvalue weighted by molar-refractivity contribution is 5.27. The van der Waals surface area contributed by atoms with Crippen molar-refractivity contribution in [1.29, 1.82) is 0 Å². The van der Waals surface area contributed by atoms with Crippen molar-refractivity contribution in [2.24, 2.45) is 17.8 Å². The van der Waals surface area contributed by atoms with Gasteiger partial charge in [-0.15, -0.1) is 0 Å². The van der Waals surface area contributed by atoms with Crippen molar-refractivity contribution in [2.45, 2.75) is 26.3 Å². The number of hydrogen-bond donors (Lipinski definition) is 2. The number of piperidine rings is 1. The molecule has 1 aromatic rings. The van der Waals surface area contributed by atoms with E-state index in [9.17, 15) is 10.2 Å². The van der Waals surface area contributed by atoms with Crippen molar-refractivity contribution in [3.63, 3.8) is 0 Å². The van der Waals surface area contributed by atoms with E-state index in [1.165, 1.54) is 5.56 Å². The Bertz CT molecular complexity index is 529. The van der Waals surface area contributed by atoms with Crippen LogP contribution < -0.4 is 4.74 Å². The Kier molecular flexibility index (Phi) is 7.32. The van der Waals surface area contributed by atoms with E-state index in [4.69, 9.17) is 4.74 Å². The fourth-order valence-electron chi connectivity index (χ4n) is 4.38. The van der Waals surface area contributed by atoms with E-state index in [0.29, 0.717) is 31.0 Å².